The number of aliphatic hydroxyl groups is 2. The zero-order valence-corrected chi connectivity index (χ0v) is 18.1. The summed E-state index contributed by atoms with van der Waals surface area (Å²) in [4.78, 5) is 34.8. The molecule has 0 fully saturated rings. The van der Waals surface area contributed by atoms with E-state index in [9.17, 15) is 14.4 Å². The molecule has 0 aromatic heterocycles. The summed E-state index contributed by atoms with van der Waals surface area (Å²) in [6.45, 7) is 3.40. The largest absolute Gasteiger partial charge is 0.447 e. The third kappa shape index (κ3) is 15.8. The molecule has 2 unspecified atom stereocenters. The molecule has 11 heteroatoms. The van der Waals surface area contributed by atoms with Crippen molar-refractivity contribution in [1.82, 2.24) is 16.0 Å². The van der Waals surface area contributed by atoms with Crippen molar-refractivity contribution in [3.63, 3.8) is 0 Å². The number of rotatable bonds is 16. The summed E-state index contributed by atoms with van der Waals surface area (Å²) in [5.74, 6) is -0.0550. The molecule has 0 radical (unpaired) electrons. The molecular weight excluding hydrogens is 398 g/mol. The lowest BCUT2D eigenvalue weighted by Gasteiger charge is -2.20. The quantitative estimate of drug-likeness (QED) is 0.217. The molecule has 176 valence electrons. The van der Waals surface area contributed by atoms with Gasteiger partial charge in [0.1, 0.15) is 19.3 Å². The van der Waals surface area contributed by atoms with Gasteiger partial charge in [-0.3, -0.25) is 4.79 Å². The van der Waals surface area contributed by atoms with Gasteiger partial charge in [-0.2, -0.15) is 0 Å². The molecular formula is C19H37N3O8. The third-order valence-corrected chi connectivity index (χ3v) is 4.08. The molecule has 0 rings (SSSR count). The monoisotopic (exact) mass is 435 g/mol. The first-order valence-electron chi connectivity index (χ1n) is 10.2. The summed E-state index contributed by atoms with van der Waals surface area (Å²) < 4.78 is 15.9. The second-order valence-corrected chi connectivity index (χ2v) is 6.94. The molecule has 0 aromatic rings. The van der Waals surface area contributed by atoms with Gasteiger partial charge in [0, 0.05) is 45.4 Å². The van der Waals surface area contributed by atoms with Gasteiger partial charge in [-0.25, -0.2) is 9.59 Å². The van der Waals surface area contributed by atoms with Crippen molar-refractivity contribution in [2.75, 3.05) is 40.1 Å². The molecule has 0 aliphatic carbocycles. The average Bonchev–Trinajstić information content (AvgIpc) is 2.69. The Kier molecular flexibility index (Phi) is 16.5. The number of alkyl carbamates (subject to hydrolysis) is 2. The lowest BCUT2D eigenvalue weighted by molar-refractivity contribution is -0.120. The molecule has 3 amide bonds. The van der Waals surface area contributed by atoms with E-state index in [1.807, 2.05) is 0 Å². The van der Waals surface area contributed by atoms with E-state index < -0.39 is 18.3 Å². The van der Waals surface area contributed by atoms with Crippen LogP contribution in [0.4, 0.5) is 9.59 Å². The van der Waals surface area contributed by atoms with Gasteiger partial charge >= 0.3 is 12.2 Å². The van der Waals surface area contributed by atoms with E-state index in [1.165, 1.54) is 0 Å². The lowest BCUT2D eigenvalue weighted by atomic mass is 10.2. The van der Waals surface area contributed by atoms with Crippen molar-refractivity contribution in [3.05, 3.63) is 0 Å². The molecule has 0 spiro atoms. The Labute approximate surface area is 177 Å². The fourth-order valence-corrected chi connectivity index (χ4v) is 2.26. The van der Waals surface area contributed by atoms with Crippen LogP contribution in [0.5, 0.6) is 0 Å². The minimum absolute atomic E-state index is 0.0547. The number of carbonyl (C=O) groups is 3. The van der Waals surface area contributed by atoms with Crippen LogP contribution >= 0.6 is 0 Å². The smallest absolute Gasteiger partial charge is 0.407 e. The first kappa shape index (κ1) is 27.9. The Morgan fingerprint density at radius 2 is 1.37 bits per heavy atom. The number of hydrogen-bond acceptors (Lipinski definition) is 8. The van der Waals surface area contributed by atoms with E-state index >= 15 is 0 Å². The molecule has 2 atom stereocenters. The van der Waals surface area contributed by atoms with Gasteiger partial charge in [0.15, 0.2) is 0 Å². The summed E-state index contributed by atoms with van der Waals surface area (Å²) in [6.07, 6.45) is 0.424. The lowest BCUT2D eigenvalue weighted by Crippen LogP contribution is -2.38. The maximum Gasteiger partial charge on any atom is 0.407 e. The fraction of sp³-hybridized carbons (Fsp3) is 0.842. The molecule has 11 nitrogen and oxygen atoms in total. The Hall–Kier alpha value is -2.11. The molecule has 0 aliphatic rings. The number of aliphatic hydroxyl groups excluding tert-OH is 2. The highest BCUT2D eigenvalue weighted by atomic mass is 16.6. The highest BCUT2D eigenvalue weighted by molar-refractivity contribution is 5.75. The fourth-order valence-electron chi connectivity index (χ4n) is 2.26. The minimum Gasteiger partial charge on any atom is -0.447 e. The third-order valence-electron chi connectivity index (χ3n) is 4.08. The van der Waals surface area contributed by atoms with Crippen molar-refractivity contribution < 1.29 is 38.8 Å². The predicted molar refractivity (Wildman–Crippen MR) is 109 cm³/mol. The Morgan fingerprint density at radius 1 is 0.867 bits per heavy atom. The van der Waals surface area contributed by atoms with Crippen LogP contribution in [0.1, 0.15) is 46.0 Å². The van der Waals surface area contributed by atoms with E-state index in [4.69, 9.17) is 24.4 Å². The first-order chi connectivity index (χ1) is 14.3. The second kappa shape index (κ2) is 17.7. The van der Waals surface area contributed by atoms with Crippen LogP contribution in [0.3, 0.4) is 0 Å². The number of hydrogen-bond donors (Lipinski definition) is 5. The molecule has 30 heavy (non-hydrogen) atoms. The van der Waals surface area contributed by atoms with Crippen LogP contribution < -0.4 is 16.0 Å². The summed E-state index contributed by atoms with van der Waals surface area (Å²) >= 11 is 0. The van der Waals surface area contributed by atoms with Gasteiger partial charge in [0.25, 0.3) is 0 Å². The normalized spacial score (nSPS) is 13.6. The van der Waals surface area contributed by atoms with Gasteiger partial charge in [0.05, 0.1) is 0 Å². The van der Waals surface area contributed by atoms with Gasteiger partial charge in [0.2, 0.25) is 5.91 Å². The van der Waals surface area contributed by atoms with E-state index in [1.54, 1.807) is 20.9 Å². The highest BCUT2D eigenvalue weighted by Gasteiger charge is 2.17. The molecule has 0 bridgehead atoms. The molecule has 0 aliphatic heterocycles. The van der Waals surface area contributed by atoms with Crippen molar-refractivity contribution in [2.24, 2.45) is 0 Å². The van der Waals surface area contributed by atoms with Crippen molar-refractivity contribution in [2.45, 2.75) is 64.1 Å². The second-order valence-electron chi connectivity index (χ2n) is 6.94. The SMILES string of the molecule is CNC(=O)CCCCOC(COC(=O)NC(C)CCO)COC(=O)NC(C)CCO. The van der Waals surface area contributed by atoms with Gasteiger partial charge in [-0.1, -0.05) is 0 Å². The number of ether oxygens (including phenoxy) is 3. The standard InChI is InChI=1S/C19H37N3O8/c1-14(7-9-23)21-18(26)29-12-16(28-11-5-4-6-17(25)20-3)13-30-19(27)22-15(2)8-10-24/h14-16,23-24H,4-13H2,1-3H3,(H,20,25)(H,21,26)(H,22,27). The molecule has 0 aromatic carbocycles. The number of amides is 3. The van der Waals surface area contributed by atoms with Crippen LogP contribution in [0.15, 0.2) is 0 Å². The van der Waals surface area contributed by atoms with Gasteiger partial charge < -0.3 is 40.4 Å². The number of nitrogens with one attached hydrogen (secondary N) is 3. The zero-order chi connectivity index (χ0) is 22.8. The van der Waals surface area contributed by atoms with Crippen LogP contribution in [-0.4, -0.2) is 86.6 Å². The summed E-state index contributed by atoms with van der Waals surface area (Å²) in [6, 6.07) is -0.497. The molecule has 0 saturated carbocycles. The van der Waals surface area contributed by atoms with Gasteiger partial charge in [-0.15, -0.1) is 0 Å². The van der Waals surface area contributed by atoms with E-state index in [0.717, 1.165) is 0 Å². The summed E-state index contributed by atoms with van der Waals surface area (Å²) in [5, 5.41) is 25.4. The van der Waals surface area contributed by atoms with E-state index in [2.05, 4.69) is 16.0 Å². The van der Waals surface area contributed by atoms with Crippen LogP contribution in [-0.2, 0) is 19.0 Å². The zero-order valence-electron chi connectivity index (χ0n) is 18.1. The van der Waals surface area contributed by atoms with Crippen molar-refractivity contribution in [1.29, 1.82) is 0 Å². The van der Waals surface area contributed by atoms with Crippen LogP contribution in [0.25, 0.3) is 0 Å². The van der Waals surface area contributed by atoms with Crippen molar-refractivity contribution >= 4 is 18.1 Å². The maximum absolute atomic E-state index is 11.8. The molecule has 0 saturated heterocycles. The topological polar surface area (TPSA) is 155 Å². The van der Waals surface area contributed by atoms with E-state index in [-0.39, 0.29) is 44.4 Å². The first-order valence-corrected chi connectivity index (χ1v) is 10.2. The Balaban J connectivity index is 4.43. The minimum atomic E-state index is -0.678. The van der Waals surface area contributed by atoms with Gasteiger partial charge in [-0.05, 0) is 39.5 Å². The summed E-state index contributed by atoms with van der Waals surface area (Å²) in [7, 11) is 1.57. The van der Waals surface area contributed by atoms with Crippen molar-refractivity contribution in [3.8, 4) is 0 Å². The molecule has 5 N–H and O–H groups in total. The number of unbranched alkanes of at least 4 members (excludes halogenated alkanes) is 1. The van der Waals surface area contributed by atoms with Crippen LogP contribution in [0, 0.1) is 0 Å². The van der Waals surface area contributed by atoms with E-state index in [0.29, 0.717) is 38.7 Å². The average molecular weight is 436 g/mol. The Morgan fingerprint density at radius 3 is 1.80 bits per heavy atom. The van der Waals surface area contributed by atoms with Crippen LogP contribution in [0.2, 0.25) is 0 Å². The summed E-state index contributed by atoms with van der Waals surface area (Å²) in [5.41, 5.74) is 0. The predicted octanol–water partition coefficient (Wildman–Crippen LogP) is 0.282. The maximum atomic E-state index is 11.8. The number of carbonyl (C=O) groups excluding carboxylic acids is 3. The molecule has 0 heterocycles. The Bertz CT molecular complexity index is 462. The highest BCUT2D eigenvalue weighted by Crippen LogP contribution is 2.02.